The summed E-state index contributed by atoms with van der Waals surface area (Å²) in [6, 6.07) is 15.3. The molecule has 1 aliphatic rings. The van der Waals surface area contributed by atoms with Gasteiger partial charge in [0.05, 0.1) is 12.7 Å². The number of nitrogens with two attached hydrogens (primary N) is 1. The number of nitrogens with zero attached hydrogens (tertiary/aromatic N) is 4. The van der Waals surface area contributed by atoms with Gasteiger partial charge in [0.1, 0.15) is 18.3 Å². The number of rotatable bonds is 6. The van der Waals surface area contributed by atoms with E-state index in [-0.39, 0.29) is 24.7 Å². The predicted molar refractivity (Wildman–Crippen MR) is 121 cm³/mol. The number of aromatic hydroxyl groups is 1. The van der Waals surface area contributed by atoms with Gasteiger partial charge in [-0.2, -0.15) is 0 Å². The minimum absolute atomic E-state index is 0.0193. The Kier molecular flexibility index (Phi) is 5.34. The minimum atomic E-state index is -0.290. The molecule has 0 spiro atoms. The van der Waals surface area contributed by atoms with Gasteiger partial charge in [-0.1, -0.05) is 36.4 Å². The number of hydrogen-bond donors (Lipinski definition) is 4. The lowest BCUT2D eigenvalue weighted by molar-refractivity contribution is -0.0197. The quantitative estimate of drug-likeness (QED) is 0.366. The molecule has 9 nitrogen and oxygen atoms in total. The molecule has 0 bridgehead atoms. The second-order valence-electron chi connectivity index (χ2n) is 7.81. The number of aliphatic hydroxyl groups is 1. The topological polar surface area (TPSA) is 131 Å². The maximum absolute atomic E-state index is 9.70. The number of aliphatic hydroxyl groups excluding tert-OH is 1. The van der Waals surface area contributed by atoms with Crippen molar-refractivity contribution in [3.05, 3.63) is 60.4 Å². The van der Waals surface area contributed by atoms with Crippen molar-refractivity contribution < 1.29 is 14.9 Å². The molecule has 1 fully saturated rings. The van der Waals surface area contributed by atoms with E-state index < -0.39 is 0 Å². The van der Waals surface area contributed by atoms with Gasteiger partial charge in [0, 0.05) is 6.54 Å². The maximum Gasteiger partial charge on any atom is 0.207 e. The van der Waals surface area contributed by atoms with Crippen LogP contribution in [0.5, 0.6) is 5.75 Å². The Bertz CT molecular complexity index is 1240. The molecular weight excluding hydrogens is 408 g/mol. The normalized spacial score (nSPS) is 18.3. The van der Waals surface area contributed by atoms with Crippen LogP contribution in [0.25, 0.3) is 22.3 Å². The SMILES string of the molecule is Nc1ncnc2c1nc(NCc1ccc(-c3cccc(O)c3)cc1)n2[C@H]1CC[C@@H](CO)O1. The van der Waals surface area contributed by atoms with Crippen LogP contribution < -0.4 is 11.1 Å². The molecule has 2 atom stereocenters. The molecule has 0 amide bonds. The first-order chi connectivity index (χ1) is 15.6. The molecule has 9 heteroatoms. The predicted octanol–water partition coefficient (Wildman–Crippen LogP) is 3.06. The van der Waals surface area contributed by atoms with Gasteiger partial charge >= 0.3 is 0 Å². The van der Waals surface area contributed by atoms with Crippen LogP contribution in [0.4, 0.5) is 11.8 Å². The molecule has 0 saturated carbocycles. The summed E-state index contributed by atoms with van der Waals surface area (Å²) in [6.45, 7) is 0.516. The lowest BCUT2D eigenvalue weighted by atomic mass is 10.0. The van der Waals surface area contributed by atoms with Crippen LogP contribution in [0.3, 0.4) is 0 Å². The maximum atomic E-state index is 9.70. The molecule has 0 aliphatic carbocycles. The molecule has 32 heavy (non-hydrogen) atoms. The summed E-state index contributed by atoms with van der Waals surface area (Å²) in [5, 5.41) is 22.5. The summed E-state index contributed by atoms with van der Waals surface area (Å²) in [5.74, 6) is 1.14. The Morgan fingerprint density at radius 2 is 1.94 bits per heavy atom. The summed E-state index contributed by atoms with van der Waals surface area (Å²) in [6.07, 6.45) is 2.43. The Balaban J connectivity index is 1.39. The third-order valence-electron chi connectivity index (χ3n) is 5.67. The van der Waals surface area contributed by atoms with Gasteiger partial charge in [-0.05, 0) is 41.7 Å². The van der Waals surface area contributed by atoms with E-state index in [0.717, 1.165) is 29.5 Å². The molecule has 1 saturated heterocycles. The van der Waals surface area contributed by atoms with Gasteiger partial charge in [0.15, 0.2) is 17.0 Å². The molecule has 0 radical (unpaired) electrons. The van der Waals surface area contributed by atoms with Gasteiger partial charge < -0.3 is 26.0 Å². The van der Waals surface area contributed by atoms with Crippen LogP contribution in [0.1, 0.15) is 24.6 Å². The molecule has 164 valence electrons. The fraction of sp³-hybridized carbons (Fsp3) is 0.261. The Morgan fingerprint density at radius 1 is 1.09 bits per heavy atom. The lowest BCUT2D eigenvalue weighted by Gasteiger charge is -2.17. The average Bonchev–Trinajstić information content (AvgIpc) is 3.43. The fourth-order valence-corrected chi connectivity index (χ4v) is 4.02. The highest BCUT2D eigenvalue weighted by molar-refractivity contribution is 5.84. The Labute approximate surface area is 184 Å². The van der Waals surface area contributed by atoms with Crippen molar-refractivity contribution in [1.82, 2.24) is 19.5 Å². The highest BCUT2D eigenvalue weighted by Crippen LogP contribution is 2.34. The molecule has 3 heterocycles. The second-order valence-corrected chi connectivity index (χ2v) is 7.81. The van der Waals surface area contributed by atoms with Gasteiger partial charge in [-0.3, -0.25) is 4.57 Å². The van der Waals surface area contributed by atoms with E-state index in [0.29, 0.717) is 29.5 Å². The van der Waals surface area contributed by atoms with E-state index in [2.05, 4.69) is 20.3 Å². The smallest absolute Gasteiger partial charge is 0.207 e. The van der Waals surface area contributed by atoms with Crippen LogP contribution in [-0.4, -0.2) is 42.4 Å². The monoisotopic (exact) mass is 432 g/mol. The highest BCUT2D eigenvalue weighted by atomic mass is 16.5. The van der Waals surface area contributed by atoms with Crippen molar-refractivity contribution in [2.45, 2.75) is 31.7 Å². The molecule has 0 unspecified atom stereocenters. The van der Waals surface area contributed by atoms with Gasteiger partial charge in [-0.25, -0.2) is 15.0 Å². The molecule has 2 aromatic heterocycles. The standard InChI is InChI=1S/C23H24N6O3/c24-21-20-22(27-13-26-21)29(19-9-8-18(12-30)32-19)23(28-20)25-11-14-4-6-15(7-5-14)16-2-1-3-17(31)10-16/h1-7,10,13,18-19,30-31H,8-9,11-12H2,(H,25,28)(H2,24,26,27)/t18-,19+/m0/s1. The number of nitrogen functional groups attached to an aromatic ring is 1. The Hall–Kier alpha value is -3.69. The summed E-state index contributed by atoms with van der Waals surface area (Å²) in [7, 11) is 0. The molecule has 5 rings (SSSR count). The van der Waals surface area contributed by atoms with Crippen LogP contribution >= 0.6 is 0 Å². The Morgan fingerprint density at radius 3 is 2.69 bits per heavy atom. The van der Waals surface area contributed by atoms with E-state index in [4.69, 9.17) is 10.5 Å². The van der Waals surface area contributed by atoms with Gasteiger partial charge in [-0.15, -0.1) is 0 Å². The van der Waals surface area contributed by atoms with Crippen molar-refractivity contribution >= 4 is 22.9 Å². The summed E-state index contributed by atoms with van der Waals surface area (Å²) >= 11 is 0. The first-order valence-corrected chi connectivity index (χ1v) is 10.5. The molecular formula is C23H24N6O3. The molecule has 4 aromatic rings. The number of anilines is 2. The summed E-state index contributed by atoms with van der Waals surface area (Å²) in [5.41, 5.74) is 10.2. The van der Waals surface area contributed by atoms with Crippen molar-refractivity contribution in [1.29, 1.82) is 0 Å². The van der Waals surface area contributed by atoms with Crippen molar-refractivity contribution in [3.63, 3.8) is 0 Å². The summed E-state index contributed by atoms with van der Waals surface area (Å²) in [4.78, 5) is 13.0. The first-order valence-electron chi connectivity index (χ1n) is 10.5. The zero-order valence-electron chi connectivity index (χ0n) is 17.3. The number of imidazole rings is 1. The zero-order valence-corrected chi connectivity index (χ0v) is 17.3. The van der Waals surface area contributed by atoms with Gasteiger partial charge in [0.2, 0.25) is 5.95 Å². The van der Waals surface area contributed by atoms with Crippen LogP contribution in [0, 0.1) is 0 Å². The summed E-state index contributed by atoms with van der Waals surface area (Å²) < 4.78 is 7.87. The van der Waals surface area contributed by atoms with E-state index in [1.54, 1.807) is 12.1 Å². The zero-order chi connectivity index (χ0) is 22.1. The van der Waals surface area contributed by atoms with Crippen LogP contribution in [-0.2, 0) is 11.3 Å². The number of fused-ring (bicyclic) bond motifs is 1. The first kappa shape index (κ1) is 20.2. The molecule has 2 aromatic carbocycles. The fourth-order valence-electron chi connectivity index (χ4n) is 4.02. The van der Waals surface area contributed by atoms with Gasteiger partial charge in [0.25, 0.3) is 0 Å². The van der Waals surface area contributed by atoms with Crippen molar-refractivity contribution in [2.75, 3.05) is 17.7 Å². The number of aromatic nitrogens is 4. The lowest BCUT2D eigenvalue weighted by Crippen LogP contribution is -2.17. The number of phenols is 1. The largest absolute Gasteiger partial charge is 0.508 e. The second kappa shape index (κ2) is 8.45. The number of nitrogens with one attached hydrogen (secondary N) is 1. The highest BCUT2D eigenvalue weighted by Gasteiger charge is 2.30. The number of hydrogen-bond acceptors (Lipinski definition) is 8. The third kappa shape index (κ3) is 3.83. The van der Waals surface area contributed by atoms with E-state index >= 15 is 0 Å². The molecule has 1 aliphatic heterocycles. The van der Waals surface area contributed by atoms with Crippen molar-refractivity contribution in [3.8, 4) is 16.9 Å². The number of benzene rings is 2. The van der Waals surface area contributed by atoms with E-state index in [9.17, 15) is 10.2 Å². The van der Waals surface area contributed by atoms with E-state index in [1.807, 2.05) is 41.0 Å². The van der Waals surface area contributed by atoms with Crippen LogP contribution in [0.2, 0.25) is 0 Å². The van der Waals surface area contributed by atoms with Crippen molar-refractivity contribution in [2.24, 2.45) is 0 Å². The number of phenolic OH excluding ortho intramolecular Hbond substituents is 1. The third-order valence-corrected chi connectivity index (χ3v) is 5.67. The van der Waals surface area contributed by atoms with Crippen LogP contribution in [0.15, 0.2) is 54.9 Å². The minimum Gasteiger partial charge on any atom is -0.508 e. The average molecular weight is 432 g/mol. The molecule has 5 N–H and O–H groups in total. The number of ether oxygens (including phenoxy) is 1. The van der Waals surface area contributed by atoms with E-state index in [1.165, 1.54) is 6.33 Å².